The minimum atomic E-state index is 0.417. The van der Waals surface area contributed by atoms with Crippen molar-refractivity contribution in [2.75, 3.05) is 19.4 Å². The number of halogens is 2. The van der Waals surface area contributed by atoms with E-state index in [1.165, 1.54) is 25.7 Å². The van der Waals surface area contributed by atoms with Crippen molar-refractivity contribution in [2.45, 2.75) is 37.8 Å². The fraction of sp³-hybridized carbons (Fsp3) is 0.533. The number of H-pyrrole nitrogens is 1. The third-order valence-corrected chi connectivity index (χ3v) is 4.96. The standard InChI is InChI=1S/C15H20Cl2N4/c1-21(2)14-6-4-3-5-11(14)18-15-19-12-7-9(16)10(17)8-13(12)20-15/h7-8,11,14H,3-6H2,1-2H3,(H2,18,19,20)/t11?,14-/m1/s1. The summed E-state index contributed by atoms with van der Waals surface area (Å²) in [5.74, 6) is 0.794. The van der Waals surface area contributed by atoms with Gasteiger partial charge in [-0.2, -0.15) is 0 Å². The predicted molar refractivity (Wildman–Crippen MR) is 89.5 cm³/mol. The highest BCUT2D eigenvalue weighted by Crippen LogP contribution is 2.29. The Kier molecular flexibility index (Phi) is 4.29. The van der Waals surface area contributed by atoms with E-state index in [0.29, 0.717) is 22.1 Å². The molecule has 1 unspecified atom stereocenters. The Labute approximate surface area is 134 Å². The minimum Gasteiger partial charge on any atom is -0.351 e. The van der Waals surface area contributed by atoms with Crippen LogP contribution in [0.2, 0.25) is 10.0 Å². The van der Waals surface area contributed by atoms with Gasteiger partial charge in [-0.05, 0) is 39.1 Å². The summed E-state index contributed by atoms with van der Waals surface area (Å²) in [4.78, 5) is 10.2. The molecule has 1 saturated carbocycles. The maximum absolute atomic E-state index is 6.05. The molecule has 0 saturated heterocycles. The van der Waals surface area contributed by atoms with Crippen molar-refractivity contribution < 1.29 is 0 Å². The highest BCUT2D eigenvalue weighted by Gasteiger charge is 2.27. The molecule has 0 spiro atoms. The minimum absolute atomic E-state index is 0.417. The van der Waals surface area contributed by atoms with Crippen LogP contribution in [0.1, 0.15) is 25.7 Å². The number of benzene rings is 1. The largest absolute Gasteiger partial charge is 0.351 e. The number of anilines is 1. The van der Waals surface area contributed by atoms with E-state index in [1.807, 2.05) is 6.07 Å². The normalized spacial score (nSPS) is 22.9. The molecule has 1 aliphatic rings. The summed E-state index contributed by atoms with van der Waals surface area (Å²) in [6.07, 6.45) is 4.95. The first-order valence-electron chi connectivity index (χ1n) is 7.32. The Morgan fingerprint density at radius 3 is 2.67 bits per heavy atom. The van der Waals surface area contributed by atoms with Crippen LogP contribution in [0.15, 0.2) is 12.1 Å². The molecular weight excluding hydrogens is 307 g/mol. The first-order chi connectivity index (χ1) is 10.0. The zero-order chi connectivity index (χ0) is 15.0. The molecule has 2 aromatic rings. The van der Waals surface area contributed by atoms with Crippen molar-refractivity contribution in [2.24, 2.45) is 0 Å². The second-order valence-electron chi connectivity index (χ2n) is 5.94. The molecule has 1 aromatic carbocycles. The van der Waals surface area contributed by atoms with Gasteiger partial charge < -0.3 is 15.2 Å². The molecule has 1 aliphatic carbocycles. The molecule has 1 aromatic heterocycles. The summed E-state index contributed by atoms with van der Waals surface area (Å²) in [6, 6.07) is 4.58. The van der Waals surface area contributed by atoms with Gasteiger partial charge in [0.05, 0.1) is 21.1 Å². The zero-order valence-corrected chi connectivity index (χ0v) is 13.8. The maximum atomic E-state index is 6.05. The summed E-state index contributed by atoms with van der Waals surface area (Å²) < 4.78 is 0. The predicted octanol–water partition coefficient (Wildman–Crippen LogP) is 4.15. The number of nitrogens with zero attached hydrogens (tertiary/aromatic N) is 2. The van der Waals surface area contributed by atoms with E-state index in [2.05, 4.69) is 34.3 Å². The average Bonchev–Trinajstić information content (AvgIpc) is 2.81. The lowest BCUT2D eigenvalue weighted by Gasteiger charge is -2.36. The monoisotopic (exact) mass is 326 g/mol. The van der Waals surface area contributed by atoms with Crippen molar-refractivity contribution in [1.29, 1.82) is 0 Å². The molecule has 1 heterocycles. The van der Waals surface area contributed by atoms with Crippen molar-refractivity contribution in [3.05, 3.63) is 22.2 Å². The van der Waals surface area contributed by atoms with Gasteiger partial charge in [0.15, 0.2) is 0 Å². The van der Waals surface area contributed by atoms with Crippen LogP contribution in [0, 0.1) is 0 Å². The van der Waals surface area contributed by atoms with E-state index in [4.69, 9.17) is 23.2 Å². The summed E-state index contributed by atoms with van der Waals surface area (Å²) in [5, 5.41) is 4.62. The highest BCUT2D eigenvalue weighted by atomic mass is 35.5. The van der Waals surface area contributed by atoms with Gasteiger partial charge in [-0.1, -0.05) is 36.0 Å². The first-order valence-corrected chi connectivity index (χ1v) is 8.08. The molecule has 0 bridgehead atoms. The Hall–Kier alpha value is -0.970. The number of rotatable bonds is 3. The zero-order valence-electron chi connectivity index (χ0n) is 12.3. The molecule has 2 N–H and O–H groups in total. The maximum Gasteiger partial charge on any atom is 0.201 e. The van der Waals surface area contributed by atoms with Crippen LogP contribution >= 0.6 is 23.2 Å². The summed E-state index contributed by atoms with van der Waals surface area (Å²) in [5.41, 5.74) is 1.74. The molecule has 6 heteroatoms. The van der Waals surface area contributed by atoms with Crippen LogP contribution in [0.4, 0.5) is 5.95 Å². The van der Waals surface area contributed by atoms with Gasteiger partial charge in [-0.15, -0.1) is 0 Å². The van der Waals surface area contributed by atoms with Gasteiger partial charge in [0.1, 0.15) is 0 Å². The molecule has 0 amide bonds. The summed E-state index contributed by atoms with van der Waals surface area (Å²) in [7, 11) is 4.28. The van der Waals surface area contributed by atoms with Crippen LogP contribution in [-0.4, -0.2) is 41.0 Å². The topological polar surface area (TPSA) is 44.0 Å². The smallest absolute Gasteiger partial charge is 0.201 e. The van der Waals surface area contributed by atoms with Crippen LogP contribution < -0.4 is 5.32 Å². The lowest BCUT2D eigenvalue weighted by molar-refractivity contribution is 0.211. The van der Waals surface area contributed by atoms with Gasteiger partial charge in [0, 0.05) is 12.1 Å². The van der Waals surface area contributed by atoms with Gasteiger partial charge >= 0.3 is 0 Å². The third-order valence-electron chi connectivity index (χ3n) is 4.24. The second kappa shape index (κ2) is 6.03. The quantitative estimate of drug-likeness (QED) is 0.890. The molecule has 4 nitrogen and oxygen atoms in total. The third kappa shape index (κ3) is 3.12. The number of aromatic nitrogens is 2. The molecule has 0 aliphatic heterocycles. The van der Waals surface area contributed by atoms with Crippen molar-refractivity contribution >= 4 is 40.2 Å². The van der Waals surface area contributed by atoms with Gasteiger partial charge in [0.2, 0.25) is 5.95 Å². The van der Waals surface area contributed by atoms with E-state index in [0.717, 1.165) is 17.0 Å². The molecule has 0 radical (unpaired) electrons. The van der Waals surface area contributed by atoms with Gasteiger partial charge in [0.25, 0.3) is 0 Å². The van der Waals surface area contributed by atoms with Crippen LogP contribution in [-0.2, 0) is 0 Å². The van der Waals surface area contributed by atoms with Crippen molar-refractivity contribution in [3.8, 4) is 0 Å². The fourth-order valence-electron chi connectivity index (χ4n) is 3.15. The lowest BCUT2D eigenvalue weighted by Crippen LogP contribution is -2.45. The Bertz CT molecular complexity index is 599. The summed E-state index contributed by atoms with van der Waals surface area (Å²) >= 11 is 12.1. The number of imidazole rings is 1. The van der Waals surface area contributed by atoms with Gasteiger partial charge in [-0.3, -0.25) is 0 Å². The lowest BCUT2D eigenvalue weighted by atomic mass is 9.90. The fourth-order valence-corrected chi connectivity index (χ4v) is 3.47. The number of likely N-dealkylation sites (N-methyl/N-ethyl adjacent to an activating group) is 1. The van der Waals surface area contributed by atoms with E-state index in [-0.39, 0.29) is 0 Å². The number of aromatic amines is 1. The SMILES string of the molecule is CN(C)[C@@H]1CCCCC1Nc1nc2cc(Cl)c(Cl)cc2[nH]1. The molecular formula is C15H20Cl2N4. The van der Waals surface area contributed by atoms with E-state index in [1.54, 1.807) is 6.07 Å². The molecule has 1 fully saturated rings. The van der Waals surface area contributed by atoms with Crippen LogP contribution in [0.3, 0.4) is 0 Å². The first kappa shape index (κ1) is 14.9. The van der Waals surface area contributed by atoms with Gasteiger partial charge in [-0.25, -0.2) is 4.98 Å². The molecule has 114 valence electrons. The Balaban J connectivity index is 1.83. The van der Waals surface area contributed by atoms with E-state index < -0.39 is 0 Å². The van der Waals surface area contributed by atoms with E-state index in [9.17, 15) is 0 Å². The van der Waals surface area contributed by atoms with Crippen molar-refractivity contribution in [1.82, 2.24) is 14.9 Å². The number of hydrogen-bond acceptors (Lipinski definition) is 3. The van der Waals surface area contributed by atoms with Crippen LogP contribution in [0.5, 0.6) is 0 Å². The Morgan fingerprint density at radius 2 is 1.90 bits per heavy atom. The molecule has 3 rings (SSSR count). The number of nitrogens with one attached hydrogen (secondary N) is 2. The number of fused-ring (bicyclic) bond motifs is 1. The summed E-state index contributed by atoms with van der Waals surface area (Å²) in [6.45, 7) is 0. The van der Waals surface area contributed by atoms with Crippen molar-refractivity contribution in [3.63, 3.8) is 0 Å². The highest BCUT2D eigenvalue weighted by molar-refractivity contribution is 6.42. The van der Waals surface area contributed by atoms with E-state index >= 15 is 0 Å². The number of hydrogen-bond donors (Lipinski definition) is 2. The second-order valence-corrected chi connectivity index (χ2v) is 6.75. The van der Waals surface area contributed by atoms with Crippen LogP contribution in [0.25, 0.3) is 11.0 Å². The average molecular weight is 327 g/mol. The molecule has 21 heavy (non-hydrogen) atoms. The Morgan fingerprint density at radius 1 is 1.19 bits per heavy atom. The molecule has 2 atom stereocenters.